The fraction of sp³-hybridized carbons (Fsp3) is 1.00. The summed E-state index contributed by atoms with van der Waals surface area (Å²) >= 11 is 0. The Labute approximate surface area is 83.2 Å². The first-order valence-electron chi connectivity index (χ1n) is 4.74. The fourth-order valence-electron chi connectivity index (χ4n) is 1.77. The van der Waals surface area contributed by atoms with Crippen LogP contribution in [0.5, 0.6) is 0 Å². The SMILES string of the molecule is COC1O[C@@H]2OC[C@@H](C)[C@@H]2O[C@@H]1OC. The molecule has 2 aliphatic heterocycles. The molecule has 0 radical (unpaired) electrons. The Morgan fingerprint density at radius 1 is 1.07 bits per heavy atom. The average Bonchev–Trinajstić information content (AvgIpc) is 2.58. The van der Waals surface area contributed by atoms with Crippen molar-refractivity contribution in [2.75, 3.05) is 20.8 Å². The van der Waals surface area contributed by atoms with Crippen LogP contribution in [0.3, 0.4) is 0 Å². The highest BCUT2D eigenvalue weighted by Crippen LogP contribution is 2.31. The third-order valence-corrected chi connectivity index (χ3v) is 2.60. The highest BCUT2D eigenvalue weighted by molar-refractivity contribution is 4.81. The molecule has 1 unspecified atom stereocenters. The van der Waals surface area contributed by atoms with Gasteiger partial charge >= 0.3 is 0 Å². The third-order valence-electron chi connectivity index (χ3n) is 2.60. The number of hydrogen-bond acceptors (Lipinski definition) is 5. The summed E-state index contributed by atoms with van der Waals surface area (Å²) in [6, 6.07) is 0. The van der Waals surface area contributed by atoms with Gasteiger partial charge < -0.3 is 23.7 Å². The van der Waals surface area contributed by atoms with E-state index in [0.29, 0.717) is 12.5 Å². The number of fused-ring (bicyclic) bond motifs is 1. The Morgan fingerprint density at radius 2 is 1.71 bits per heavy atom. The lowest BCUT2D eigenvalue weighted by molar-refractivity contribution is -0.378. The Balaban J connectivity index is 2.03. The van der Waals surface area contributed by atoms with Crippen molar-refractivity contribution in [2.45, 2.75) is 31.9 Å². The van der Waals surface area contributed by atoms with Crippen LogP contribution in [0, 0.1) is 5.92 Å². The Hall–Kier alpha value is -0.200. The maximum atomic E-state index is 5.68. The van der Waals surface area contributed by atoms with Gasteiger partial charge in [0.05, 0.1) is 6.61 Å². The molecule has 0 amide bonds. The summed E-state index contributed by atoms with van der Waals surface area (Å²) in [6.07, 6.45) is -1.34. The van der Waals surface area contributed by atoms with Crippen LogP contribution in [0.2, 0.25) is 0 Å². The molecule has 14 heavy (non-hydrogen) atoms. The van der Waals surface area contributed by atoms with Gasteiger partial charge in [0.2, 0.25) is 12.6 Å². The van der Waals surface area contributed by atoms with E-state index in [9.17, 15) is 0 Å². The lowest BCUT2D eigenvalue weighted by Crippen LogP contribution is -2.50. The second-order valence-corrected chi connectivity index (χ2v) is 3.62. The molecule has 2 rings (SSSR count). The van der Waals surface area contributed by atoms with Gasteiger partial charge in [0.15, 0.2) is 6.29 Å². The van der Waals surface area contributed by atoms with Crippen molar-refractivity contribution >= 4 is 0 Å². The van der Waals surface area contributed by atoms with Gasteiger partial charge in [-0.1, -0.05) is 6.92 Å². The average molecular weight is 204 g/mol. The van der Waals surface area contributed by atoms with Crippen LogP contribution in [-0.4, -0.2) is 45.8 Å². The van der Waals surface area contributed by atoms with Gasteiger partial charge in [-0.05, 0) is 0 Å². The van der Waals surface area contributed by atoms with Crippen molar-refractivity contribution in [1.82, 2.24) is 0 Å². The molecule has 0 aromatic carbocycles. The zero-order valence-electron chi connectivity index (χ0n) is 8.64. The first kappa shape index (κ1) is 10.3. The summed E-state index contributed by atoms with van der Waals surface area (Å²) in [5.41, 5.74) is 0. The standard InChI is InChI=1S/C9H16O5/c1-5-4-12-7-6(5)13-8(10-2)9(11-3)14-7/h5-9H,4H2,1-3H3/t5-,6+,7+,8+,9?/m1/s1. The molecular weight excluding hydrogens is 188 g/mol. The van der Waals surface area contributed by atoms with Gasteiger partial charge in [-0.2, -0.15) is 0 Å². The zero-order chi connectivity index (χ0) is 10.1. The molecule has 2 fully saturated rings. The third kappa shape index (κ3) is 1.66. The zero-order valence-corrected chi connectivity index (χ0v) is 8.64. The molecule has 0 N–H and O–H groups in total. The maximum absolute atomic E-state index is 5.68. The van der Waals surface area contributed by atoms with E-state index in [1.165, 1.54) is 0 Å². The number of ether oxygens (including phenoxy) is 5. The maximum Gasteiger partial charge on any atom is 0.211 e. The highest BCUT2D eigenvalue weighted by atomic mass is 16.8. The molecular formula is C9H16O5. The molecule has 0 aliphatic carbocycles. The minimum Gasteiger partial charge on any atom is -0.351 e. The van der Waals surface area contributed by atoms with Crippen molar-refractivity contribution in [1.29, 1.82) is 0 Å². The van der Waals surface area contributed by atoms with Crippen LogP contribution in [0.1, 0.15) is 6.92 Å². The molecule has 2 saturated heterocycles. The van der Waals surface area contributed by atoms with E-state index in [0.717, 1.165) is 0 Å². The smallest absolute Gasteiger partial charge is 0.211 e. The molecule has 0 aromatic heterocycles. The van der Waals surface area contributed by atoms with Gasteiger partial charge in [0.25, 0.3) is 0 Å². The second-order valence-electron chi connectivity index (χ2n) is 3.62. The lowest BCUT2D eigenvalue weighted by Gasteiger charge is -2.37. The summed E-state index contributed by atoms with van der Waals surface area (Å²) < 4.78 is 26.8. The molecule has 2 heterocycles. The Morgan fingerprint density at radius 3 is 2.36 bits per heavy atom. The van der Waals surface area contributed by atoms with Gasteiger partial charge in [0.1, 0.15) is 6.10 Å². The van der Waals surface area contributed by atoms with Crippen molar-refractivity contribution in [2.24, 2.45) is 5.92 Å². The van der Waals surface area contributed by atoms with Crippen LogP contribution in [0.15, 0.2) is 0 Å². The second kappa shape index (κ2) is 4.12. The topological polar surface area (TPSA) is 46.2 Å². The highest BCUT2D eigenvalue weighted by Gasteiger charge is 2.46. The van der Waals surface area contributed by atoms with E-state index in [4.69, 9.17) is 23.7 Å². The van der Waals surface area contributed by atoms with E-state index in [2.05, 4.69) is 6.92 Å². The van der Waals surface area contributed by atoms with Crippen LogP contribution < -0.4 is 0 Å². The predicted octanol–water partition coefficient (Wildman–Crippen LogP) is 0.339. The summed E-state index contributed by atoms with van der Waals surface area (Å²) in [7, 11) is 3.12. The van der Waals surface area contributed by atoms with E-state index in [1.54, 1.807) is 14.2 Å². The predicted molar refractivity (Wildman–Crippen MR) is 46.5 cm³/mol. The van der Waals surface area contributed by atoms with Gasteiger partial charge in [-0.3, -0.25) is 0 Å². The van der Waals surface area contributed by atoms with Gasteiger partial charge in [-0.15, -0.1) is 0 Å². The molecule has 5 atom stereocenters. The number of hydrogen-bond donors (Lipinski definition) is 0. The lowest BCUT2D eigenvalue weighted by atomic mass is 10.1. The summed E-state index contributed by atoms with van der Waals surface area (Å²) in [5, 5.41) is 0. The molecule has 0 saturated carbocycles. The minimum absolute atomic E-state index is 0.0497. The number of rotatable bonds is 2. The van der Waals surface area contributed by atoms with E-state index in [1.807, 2.05) is 0 Å². The summed E-state index contributed by atoms with van der Waals surface area (Å²) in [4.78, 5) is 0. The normalized spacial score (nSPS) is 47.8. The summed E-state index contributed by atoms with van der Waals surface area (Å²) in [6.45, 7) is 2.72. The molecule has 0 spiro atoms. The first-order valence-corrected chi connectivity index (χ1v) is 4.74. The van der Waals surface area contributed by atoms with Crippen molar-refractivity contribution < 1.29 is 23.7 Å². The molecule has 0 bridgehead atoms. The molecule has 2 aliphatic rings. The quantitative estimate of drug-likeness (QED) is 0.649. The van der Waals surface area contributed by atoms with E-state index in [-0.39, 0.29) is 12.4 Å². The van der Waals surface area contributed by atoms with Crippen molar-refractivity contribution in [3.8, 4) is 0 Å². The largest absolute Gasteiger partial charge is 0.351 e. The van der Waals surface area contributed by atoms with Crippen LogP contribution >= 0.6 is 0 Å². The van der Waals surface area contributed by atoms with Gasteiger partial charge in [0, 0.05) is 20.1 Å². The monoisotopic (exact) mass is 204 g/mol. The molecule has 5 nitrogen and oxygen atoms in total. The van der Waals surface area contributed by atoms with Crippen LogP contribution in [-0.2, 0) is 23.7 Å². The molecule has 5 heteroatoms. The van der Waals surface area contributed by atoms with Crippen molar-refractivity contribution in [3.05, 3.63) is 0 Å². The van der Waals surface area contributed by atoms with E-state index < -0.39 is 12.6 Å². The van der Waals surface area contributed by atoms with E-state index >= 15 is 0 Å². The fourth-order valence-corrected chi connectivity index (χ4v) is 1.77. The molecule has 0 aromatic rings. The van der Waals surface area contributed by atoms with Crippen LogP contribution in [0.4, 0.5) is 0 Å². The molecule has 82 valence electrons. The first-order chi connectivity index (χ1) is 6.76. The van der Waals surface area contributed by atoms with Gasteiger partial charge in [-0.25, -0.2) is 0 Å². The van der Waals surface area contributed by atoms with Crippen molar-refractivity contribution in [3.63, 3.8) is 0 Å². The number of methoxy groups -OCH3 is 2. The Kier molecular flexibility index (Phi) is 3.04. The summed E-state index contributed by atoms with van der Waals surface area (Å²) in [5.74, 6) is 0.329. The van der Waals surface area contributed by atoms with Crippen LogP contribution in [0.25, 0.3) is 0 Å². The minimum atomic E-state index is -0.508. The Bertz CT molecular complexity index is 198.